The Morgan fingerprint density at radius 2 is 2.04 bits per heavy atom. The van der Waals surface area contributed by atoms with Crippen molar-refractivity contribution in [1.29, 1.82) is 5.26 Å². The maximum atomic E-state index is 12.7. The fraction of sp³-hybridized carbons (Fsp3) is 0.467. The van der Waals surface area contributed by atoms with Crippen molar-refractivity contribution < 1.29 is 17.9 Å². The summed E-state index contributed by atoms with van der Waals surface area (Å²) < 4.78 is 31.5. The monoisotopic (exact) mass is 337 g/mol. The summed E-state index contributed by atoms with van der Waals surface area (Å²) in [7, 11) is -3.70. The number of amides is 1. The summed E-state index contributed by atoms with van der Waals surface area (Å²) in [6.45, 7) is 2.60. The van der Waals surface area contributed by atoms with Gasteiger partial charge in [-0.3, -0.25) is 0 Å². The van der Waals surface area contributed by atoms with Crippen LogP contribution in [-0.4, -0.2) is 44.6 Å². The topological polar surface area (TPSA) is 99.5 Å². The third kappa shape index (κ3) is 4.00. The first-order valence-corrected chi connectivity index (χ1v) is 8.85. The lowest BCUT2D eigenvalue weighted by molar-refractivity contribution is 0.143. The van der Waals surface area contributed by atoms with E-state index in [1.807, 2.05) is 6.07 Å². The molecule has 0 aromatic heterocycles. The van der Waals surface area contributed by atoms with Crippen LogP contribution in [0, 0.1) is 11.3 Å². The van der Waals surface area contributed by atoms with Gasteiger partial charge < -0.3 is 10.1 Å². The number of alkyl carbamates (subject to hydrolysis) is 1. The van der Waals surface area contributed by atoms with Gasteiger partial charge in [0, 0.05) is 19.1 Å². The zero-order chi connectivity index (χ0) is 16.9. The third-order valence-corrected chi connectivity index (χ3v) is 5.63. The molecule has 0 unspecified atom stereocenters. The Labute approximate surface area is 135 Å². The quantitative estimate of drug-likeness (QED) is 0.896. The molecule has 23 heavy (non-hydrogen) atoms. The van der Waals surface area contributed by atoms with Crippen molar-refractivity contribution in [2.75, 3.05) is 19.7 Å². The van der Waals surface area contributed by atoms with Crippen LogP contribution in [0.3, 0.4) is 0 Å². The average Bonchev–Trinajstić information content (AvgIpc) is 2.55. The number of piperidine rings is 1. The fourth-order valence-corrected chi connectivity index (χ4v) is 4.11. The Kier molecular flexibility index (Phi) is 5.58. The first kappa shape index (κ1) is 17.2. The molecule has 0 spiro atoms. The van der Waals surface area contributed by atoms with Gasteiger partial charge in [-0.1, -0.05) is 12.1 Å². The molecule has 1 aromatic carbocycles. The fourth-order valence-electron chi connectivity index (χ4n) is 2.50. The molecule has 8 heteroatoms. The molecule has 7 nitrogen and oxygen atoms in total. The molecule has 1 aliphatic rings. The summed E-state index contributed by atoms with van der Waals surface area (Å²) in [4.78, 5) is 11.4. The second kappa shape index (κ2) is 7.44. The smallest absolute Gasteiger partial charge is 0.407 e. The molecule has 0 atom stereocenters. The minimum atomic E-state index is -3.70. The lowest BCUT2D eigenvalue weighted by atomic mass is 10.1. The number of ether oxygens (including phenoxy) is 1. The predicted octanol–water partition coefficient (Wildman–Crippen LogP) is 1.46. The van der Waals surface area contributed by atoms with E-state index >= 15 is 0 Å². The normalized spacial score (nSPS) is 16.5. The van der Waals surface area contributed by atoms with Gasteiger partial charge >= 0.3 is 6.09 Å². The zero-order valence-electron chi connectivity index (χ0n) is 12.9. The van der Waals surface area contributed by atoms with E-state index in [0.29, 0.717) is 32.5 Å². The molecule has 1 aliphatic heterocycles. The lowest BCUT2D eigenvalue weighted by Gasteiger charge is -2.31. The Balaban J connectivity index is 2.04. The highest BCUT2D eigenvalue weighted by Gasteiger charge is 2.31. The highest BCUT2D eigenvalue weighted by atomic mass is 32.2. The van der Waals surface area contributed by atoms with Crippen LogP contribution in [0.25, 0.3) is 0 Å². The molecule has 0 aliphatic carbocycles. The van der Waals surface area contributed by atoms with Crippen molar-refractivity contribution in [1.82, 2.24) is 9.62 Å². The molecule has 1 amide bonds. The number of nitriles is 1. The predicted molar refractivity (Wildman–Crippen MR) is 83.1 cm³/mol. The zero-order valence-corrected chi connectivity index (χ0v) is 13.7. The first-order chi connectivity index (χ1) is 11.0. The lowest BCUT2D eigenvalue weighted by Crippen LogP contribution is -2.46. The van der Waals surface area contributed by atoms with Crippen molar-refractivity contribution in [3.05, 3.63) is 29.8 Å². The first-order valence-electron chi connectivity index (χ1n) is 7.41. The largest absolute Gasteiger partial charge is 0.450 e. The van der Waals surface area contributed by atoms with E-state index in [1.165, 1.54) is 16.4 Å². The van der Waals surface area contributed by atoms with Crippen LogP contribution < -0.4 is 5.32 Å². The summed E-state index contributed by atoms with van der Waals surface area (Å²) in [6.07, 6.45) is 0.531. The van der Waals surface area contributed by atoms with Crippen LogP contribution in [0.2, 0.25) is 0 Å². The maximum Gasteiger partial charge on any atom is 0.407 e. The molecule has 1 aromatic rings. The van der Waals surface area contributed by atoms with Gasteiger partial charge in [-0.05, 0) is 31.9 Å². The van der Waals surface area contributed by atoms with E-state index in [2.05, 4.69) is 5.32 Å². The molecule has 0 bridgehead atoms. The van der Waals surface area contributed by atoms with Crippen LogP contribution in [0.5, 0.6) is 0 Å². The van der Waals surface area contributed by atoms with E-state index in [-0.39, 0.29) is 16.5 Å². The van der Waals surface area contributed by atoms with Gasteiger partial charge in [0.15, 0.2) is 0 Å². The number of carbonyl (C=O) groups excluding carboxylic acids is 1. The van der Waals surface area contributed by atoms with Crippen LogP contribution in [0.4, 0.5) is 4.79 Å². The number of rotatable bonds is 4. The van der Waals surface area contributed by atoms with E-state index in [9.17, 15) is 13.2 Å². The number of benzene rings is 1. The number of hydrogen-bond donors (Lipinski definition) is 1. The summed E-state index contributed by atoms with van der Waals surface area (Å²) in [6, 6.07) is 7.97. The molecule has 1 saturated heterocycles. The molecule has 2 rings (SSSR count). The minimum absolute atomic E-state index is 0.0271. The molecule has 1 N–H and O–H groups in total. The molecular weight excluding hydrogens is 318 g/mol. The van der Waals surface area contributed by atoms with Gasteiger partial charge in [0.2, 0.25) is 10.0 Å². The van der Waals surface area contributed by atoms with Gasteiger partial charge in [0.05, 0.1) is 17.1 Å². The van der Waals surface area contributed by atoms with Crippen molar-refractivity contribution in [3.8, 4) is 6.07 Å². The van der Waals surface area contributed by atoms with Crippen LogP contribution >= 0.6 is 0 Å². The molecule has 0 radical (unpaired) electrons. The van der Waals surface area contributed by atoms with Gasteiger partial charge in [-0.15, -0.1) is 0 Å². The highest BCUT2D eigenvalue weighted by Crippen LogP contribution is 2.23. The number of hydrogen-bond acceptors (Lipinski definition) is 5. The van der Waals surface area contributed by atoms with Crippen LogP contribution in [0.1, 0.15) is 25.3 Å². The van der Waals surface area contributed by atoms with E-state index in [0.717, 1.165) is 0 Å². The highest BCUT2D eigenvalue weighted by molar-refractivity contribution is 7.89. The molecule has 124 valence electrons. The van der Waals surface area contributed by atoms with Gasteiger partial charge in [-0.25, -0.2) is 13.2 Å². The number of nitrogens with zero attached hydrogens (tertiary/aromatic N) is 2. The number of sulfonamides is 1. The molecule has 0 saturated carbocycles. The Morgan fingerprint density at radius 1 is 1.39 bits per heavy atom. The van der Waals surface area contributed by atoms with Crippen molar-refractivity contribution in [2.24, 2.45) is 0 Å². The van der Waals surface area contributed by atoms with Crippen LogP contribution in [-0.2, 0) is 14.8 Å². The van der Waals surface area contributed by atoms with Crippen LogP contribution in [0.15, 0.2) is 29.2 Å². The van der Waals surface area contributed by atoms with Crippen molar-refractivity contribution in [2.45, 2.75) is 30.7 Å². The van der Waals surface area contributed by atoms with E-state index < -0.39 is 16.1 Å². The summed E-state index contributed by atoms with van der Waals surface area (Å²) in [5.41, 5.74) is 0.138. The van der Waals surface area contributed by atoms with E-state index in [4.69, 9.17) is 10.00 Å². The van der Waals surface area contributed by atoms with Gasteiger partial charge in [0.1, 0.15) is 6.07 Å². The summed E-state index contributed by atoms with van der Waals surface area (Å²) in [5.74, 6) is 0. The molecule has 1 heterocycles. The standard InChI is InChI=1S/C15H19N3O4S/c1-2-22-15(19)17-13-7-9-18(10-8-13)23(20,21)14-6-4-3-5-12(14)11-16/h3-6,13H,2,7-10H2,1H3,(H,17,19). The third-order valence-electron chi connectivity index (χ3n) is 3.68. The van der Waals surface area contributed by atoms with Crippen molar-refractivity contribution >= 4 is 16.1 Å². The minimum Gasteiger partial charge on any atom is -0.450 e. The molecular formula is C15H19N3O4S. The Morgan fingerprint density at radius 3 is 2.65 bits per heavy atom. The maximum absolute atomic E-state index is 12.7. The van der Waals surface area contributed by atoms with Crippen molar-refractivity contribution in [3.63, 3.8) is 0 Å². The van der Waals surface area contributed by atoms with E-state index in [1.54, 1.807) is 19.1 Å². The van der Waals surface area contributed by atoms with Gasteiger partial charge in [-0.2, -0.15) is 9.57 Å². The second-order valence-corrected chi connectivity index (χ2v) is 7.06. The summed E-state index contributed by atoms with van der Waals surface area (Å²) >= 11 is 0. The Hall–Kier alpha value is -2.11. The second-order valence-electron chi connectivity index (χ2n) is 5.15. The number of carbonyl (C=O) groups is 1. The average molecular weight is 337 g/mol. The Bertz CT molecular complexity index is 704. The molecule has 1 fully saturated rings. The number of nitrogens with one attached hydrogen (secondary N) is 1. The van der Waals surface area contributed by atoms with Gasteiger partial charge in [0.25, 0.3) is 0 Å². The SMILES string of the molecule is CCOC(=O)NC1CCN(S(=O)(=O)c2ccccc2C#N)CC1. The summed E-state index contributed by atoms with van der Waals surface area (Å²) in [5, 5.41) is 11.8.